The molecule has 0 spiro atoms. The van der Waals surface area contributed by atoms with Crippen molar-refractivity contribution in [2.45, 2.75) is 25.7 Å². The molecule has 1 atom stereocenters. The maximum Gasteiger partial charge on any atom is 0.249 e. The standard InChI is InChI=1S/C25H24N3OPS/c29-30(22-16-8-3-9-17-22,25-26-23-18-10-11-19-24(23)31-25)27-28(20-12-4-1-5-13-20)21-14-6-2-7-15-21/h1-9,12-17H,10-11,18-19H2,(H,27,29)/t30-/m0/s1. The summed E-state index contributed by atoms with van der Waals surface area (Å²) in [5.74, 6) is 0. The molecule has 31 heavy (non-hydrogen) atoms. The molecule has 1 aromatic heterocycles. The molecule has 1 aliphatic rings. The Balaban J connectivity index is 1.64. The summed E-state index contributed by atoms with van der Waals surface area (Å²) in [4.78, 5) is 6.19. The molecule has 0 aliphatic heterocycles. The summed E-state index contributed by atoms with van der Waals surface area (Å²) < 4.78 is 15.5. The average Bonchev–Trinajstić information content (AvgIpc) is 3.29. The van der Waals surface area contributed by atoms with Gasteiger partial charge in [-0.2, -0.15) is 5.20 Å². The van der Waals surface area contributed by atoms with Gasteiger partial charge in [-0.25, -0.2) is 4.98 Å². The lowest BCUT2D eigenvalue weighted by molar-refractivity contribution is 0.578. The lowest BCUT2D eigenvalue weighted by atomic mass is 10.0. The Morgan fingerprint density at radius 2 is 1.32 bits per heavy atom. The van der Waals surface area contributed by atoms with Crippen LogP contribution in [-0.4, -0.2) is 4.98 Å². The van der Waals surface area contributed by atoms with Crippen molar-refractivity contribution in [3.8, 4) is 0 Å². The molecule has 0 radical (unpaired) electrons. The third kappa shape index (κ3) is 4.09. The van der Waals surface area contributed by atoms with Gasteiger partial charge in [-0.3, -0.25) is 9.57 Å². The van der Waals surface area contributed by atoms with E-state index >= 15 is 0 Å². The predicted molar refractivity (Wildman–Crippen MR) is 130 cm³/mol. The van der Waals surface area contributed by atoms with Crippen LogP contribution in [0.15, 0.2) is 91.0 Å². The number of hydrazine groups is 1. The topological polar surface area (TPSA) is 45.2 Å². The molecule has 4 nitrogen and oxygen atoms in total. The summed E-state index contributed by atoms with van der Waals surface area (Å²) in [6.45, 7) is 0. The van der Waals surface area contributed by atoms with E-state index in [2.05, 4.69) is 5.20 Å². The van der Waals surface area contributed by atoms with Gasteiger partial charge >= 0.3 is 0 Å². The van der Waals surface area contributed by atoms with E-state index in [4.69, 9.17) is 4.98 Å². The summed E-state index contributed by atoms with van der Waals surface area (Å²) in [5.41, 5.74) is 2.97. The number of fused-ring (bicyclic) bond motifs is 1. The van der Waals surface area contributed by atoms with Gasteiger partial charge < -0.3 is 0 Å². The average molecular weight is 446 g/mol. The van der Waals surface area contributed by atoms with Crippen molar-refractivity contribution in [2.24, 2.45) is 0 Å². The number of hydrogen-bond donors (Lipinski definition) is 1. The van der Waals surface area contributed by atoms with Gasteiger partial charge in [0.1, 0.15) is 0 Å². The van der Waals surface area contributed by atoms with Crippen LogP contribution in [0.2, 0.25) is 0 Å². The lowest BCUT2D eigenvalue weighted by Crippen LogP contribution is -2.38. The van der Waals surface area contributed by atoms with Crippen molar-refractivity contribution < 1.29 is 4.57 Å². The Kier molecular flexibility index (Phi) is 5.73. The summed E-state index contributed by atoms with van der Waals surface area (Å²) in [7, 11) is -3.23. The maximum atomic E-state index is 14.8. The number of para-hydroxylation sites is 2. The number of nitrogens with one attached hydrogen (secondary N) is 1. The monoisotopic (exact) mass is 445 g/mol. The van der Waals surface area contributed by atoms with E-state index in [0.29, 0.717) is 4.75 Å². The van der Waals surface area contributed by atoms with Crippen molar-refractivity contribution >= 4 is 40.1 Å². The fraction of sp³-hybridized carbons (Fsp3) is 0.160. The highest BCUT2D eigenvalue weighted by Crippen LogP contribution is 2.44. The molecular formula is C25H24N3OPS. The minimum Gasteiger partial charge on any atom is -0.292 e. The Labute approximate surface area is 187 Å². The van der Waals surface area contributed by atoms with Crippen LogP contribution in [-0.2, 0) is 17.4 Å². The summed E-state index contributed by atoms with van der Waals surface area (Å²) >= 11 is 1.61. The highest BCUT2D eigenvalue weighted by atomic mass is 32.1. The highest BCUT2D eigenvalue weighted by molar-refractivity contribution is 7.81. The van der Waals surface area contributed by atoms with Gasteiger partial charge in [-0.05, 0) is 62.1 Å². The Hall–Kier alpha value is -2.72. The minimum atomic E-state index is -3.23. The van der Waals surface area contributed by atoms with Gasteiger partial charge in [0.2, 0.25) is 7.29 Å². The number of aryl methyl sites for hydroxylation is 2. The first kappa shape index (κ1) is 20.2. The quantitative estimate of drug-likeness (QED) is 0.310. The molecule has 0 unspecified atom stereocenters. The third-order valence-corrected chi connectivity index (χ3v) is 9.64. The molecule has 4 aromatic rings. The lowest BCUT2D eigenvalue weighted by Gasteiger charge is -2.30. The van der Waals surface area contributed by atoms with Crippen LogP contribution >= 0.6 is 18.6 Å². The number of nitrogens with zero attached hydrogens (tertiary/aromatic N) is 2. The number of benzene rings is 3. The molecule has 3 aromatic carbocycles. The molecule has 1 aliphatic carbocycles. The molecule has 156 valence electrons. The van der Waals surface area contributed by atoms with Crippen LogP contribution in [0.4, 0.5) is 11.4 Å². The molecule has 6 heteroatoms. The molecule has 0 amide bonds. The Morgan fingerprint density at radius 3 is 1.90 bits per heavy atom. The number of thiazole rings is 1. The largest absolute Gasteiger partial charge is 0.292 e. The van der Waals surface area contributed by atoms with E-state index in [0.717, 1.165) is 41.6 Å². The second kappa shape index (κ2) is 8.80. The zero-order valence-electron chi connectivity index (χ0n) is 17.1. The number of hydrogen-bond acceptors (Lipinski definition) is 4. The Bertz CT molecular complexity index is 1130. The van der Waals surface area contributed by atoms with Crippen molar-refractivity contribution in [2.75, 3.05) is 5.01 Å². The predicted octanol–water partition coefficient (Wildman–Crippen LogP) is 5.59. The fourth-order valence-electron chi connectivity index (χ4n) is 3.88. The van der Waals surface area contributed by atoms with Crippen LogP contribution in [0, 0.1) is 0 Å². The van der Waals surface area contributed by atoms with Crippen molar-refractivity contribution in [3.63, 3.8) is 0 Å². The fourth-order valence-corrected chi connectivity index (χ4v) is 7.84. The van der Waals surface area contributed by atoms with Gasteiger partial charge in [-0.15, -0.1) is 11.3 Å². The van der Waals surface area contributed by atoms with Crippen LogP contribution in [0.3, 0.4) is 0 Å². The van der Waals surface area contributed by atoms with Crippen LogP contribution in [0.5, 0.6) is 0 Å². The van der Waals surface area contributed by atoms with E-state index in [1.807, 2.05) is 96.0 Å². The van der Waals surface area contributed by atoms with Crippen molar-refractivity contribution in [1.82, 2.24) is 10.2 Å². The van der Waals surface area contributed by atoms with Crippen molar-refractivity contribution in [1.29, 1.82) is 0 Å². The first-order valence-corrected chi connectivity index (χ1v) is 13.1. The highest BCUT2D eigenvalue weighted by Gasteiger charge is 2.35. The molecule has 1 N–H and O–H groups in total. The summed E-state index contributed by atoms with van der Waals surface area (Å²) in [6, 6.07) is 29.7. The van der Waals surface area contributed by atoms with E-state index in [1.54, 1.807) is 11.3 Å². The smallest absolute Gasteiger partial charge is 0.249 e. The van der Waals surface area contributed by atoms with Gasteiger partial charge in [-0.1, -0.05) is 54.6 Å². The molecule has 1 heterocycles. The van der Waals surface area contributed by atoms with E-state index in [9.17, 15) is 4.57 Å². The molecule has 0 saturated carbocycles. The van der Waals surface area contributed by atoms with Gasteiger partial charge in [0.15, 0.2) is 4.75 Å². The van der Waals surface area contributed by atoms with Gasteiger partial charge in [0.25, 0.3) is 0 Å². The molecule has 0 fully saturated rings. The molecule has 0 bridgehead atoms. The summed E-state index contributed by atoms with van der Waals surface area (Å²) in [6.07, 6.45) is 4.34. The maximum absolute atomic E-state index is 14.8. The SMILES string of the molecule is O=[P@@](NN(c1ccccc1)c1ccccc1)(c1ccccc1)c1nc2c(s1)CCCC2. The van der Waals surface area contributed by atoms with Crippen LogP contribution in [0.25, 0.3) is 0 Å². The number of aromatic nitrogens is 1. The normalized spacial score (nSPS) is 15.1. The second-order valence-corrected chi connectivity index (χ2v) is 11.4. The number of anilines is 2. The van der Waals surface area contributed by atoms with Crippen molar-refractivity contribution in [3.05, 3.63) is 102 Å². The number of rotatable bonds is 6. The summed E-state index contributed by atoms with van der Waals surface area (Å²) in [5, 5.41) is 6.13. The van der Waals surface area contributed by atoms with Crippen LogP contribution < -0.4 is 20.3 Å². The molecule has 0 saturated heterocycles. The first-order valence-electron chi connectivity index (χ1n) is 10.6. The second-order valence-electron chi connectivity index (χ2n) is 7.62. The van der Waals surface area contributed by atoms with Crippen LogP contribution in [0.1, 0.15) is 23.4 Å². The van der Waals surface area contributed by atoms with Gasteiger partial charge in [0.05, 0.1) is 17.1 Å². The molecular weight excluding hydrogens is 421 g/mol. The zero-order chi connectivity index (χ0) is 21.1. The van der Waals surface area contributed by atoms with Gasteiger partial charge in [0, 0.05) is 10.2 Å². The molecule has 5 rings (SSSR count). The zero-order valence-corrected chi connectivity index (χ0v) is 18.9. The first-order chi connectivity index (χ1) is 15.2. The van der Waals surface area contributed by atoms with E-state index in [-0.39, 0.29) is 0 Å². The Morgan fingerprint density at radius 1 is 0.774 bits per heavy atom. The minimum absolute atomic E-state index is 0.683. The van der Waals surface area contributed by atoms with E-state index in [1.165, 1.54) is 11.3 Å². The van der Waals surface area contributed by atoms with E-state index < -0.39 is 7.29 Å². The third-order valence-electron chi connectivity index (χ3n) is 5.49.